The molecule has 3 aromatic rings. The van der Waals surface area contributed by atoms with Gasteiger partial charge in [0.2, 0.25) is 0 Å². The van der Waals surface area contributed by atoms with Crippen LogP contribution in [0.15, 0.2) is 48.5 Å². The van der Waals surface area contributed by atoms with Crippen LogP contribution >= 0.6 is 0 Å². The molecule has 2 heterocycles. The van der Waals surface area contributed by atoms with Crippen molar-refractivity contribution in [2.24, 2.45) is 12.8 Å². The number of rotatable bonds is 5. The van der Waals surface area contributed by atoms with Gasteiger partial charge in [-0.2, -0.15) is 0 Å². The normalized spacial score (nSPS) is 16.0. The number of hydrogen-bond acceptors (Lipinski definition) is 3. The van der Waals surface area contributed by atoms with Crippen LogP contribution in [0.4, 0.5) is 10.1 Å². The maximum Gasteiger partial charge on any atom is 0.273 e. The van der Waals surface area contributed by atoms with Crippen molar-refractivity contribution in [3.63, 3.8) is 0 Å². The van der Waals surface area contributed by atoms with Crippen LogP contribution in [-0.4, -0.2) is 41.6 Å². The van der Waals surface area contributed by atoms with Crippen molar-refractivity contribution in [2.75, 3.05) is 20.2 Å². The number of nitrogens with two attached hydrogens (primary N) is 1. The van der Waals surface area contributed by atoms with Gasteiger partial charge in [0.25, 0.3) is 5.91 Å². The number of carbonyl (C=O) groups is 1. The number of carbonyl (C=O) groups excluding carboxylic acids is 1. The fraction of sp³-hybridized carbons (Fsp3) is 0.308. The molecule has 1 amide bonds. The Hall–Kier alpha value is -3.47. The minimum absolute atomic E-state index is 0.0179. The van der Waals surface area contributed by atoms with E-state index in [2.05, 4.69) is 4.85 Å². The molecule has 0 bridgehead atoms. The summed E-state index contributed by atoms with van der Waals surface area (Å²) < 4.78 is 22.9. The lowest BCUT2D eigenvalue weighted by Crippen LogP contribution is -2.46. The molecule has 0 saturated carbocycles. The molecule has 2 N–H and O–H groups in total. The summed E-state index contributed by atoms with van der Waals surface area (Å²) in [6.45, 7) is 8.65. The summed E-state index contributed by atoms with van der Waals surface area (Å²) in [5, 5.41) is 0. The second-order valence-corrected chi connectivity index (χ2v) is 8.39. The number of ether oxygens (including phenoxy) is 1. The lowest BCUT2D eigenvalue weighted by atomic mass is 9.99. The molecule has 1 aliphatic heterocycles. The fourth-order valence-corrected chi connectivity index (χ4v) is 4.46. The monoisotopic (exact) mass is 446 g/mol. The first-order valence-corrected chi connectivity index (χ1v) is 10.9. The van der Waals surface area contributed by atoms with Crippen LogP contribution in [0.2, 0.25) is 0 Å². The fourth-order valence-electron chi connectivity index (χ4n) is 4.46. The van der Waals surface area contributed by atoms with Crippen molar-refractivity contribution in [3.05, 3.63) is 77.0 Å². The zero-order valence-corrected chi connectivity index (χ0v) is 18.8. The summed E-state index contributed by atoms with van der Waals surface area (Å²) in [5.74, 6) is -0.917. The van der Waals surface area contributed by atoms with E-state index in [1.807, 2.05) is 24.3 Å². The van der Waals surface area contributed by atoms with Crippen LogP contribution < -0.4 is 5.73 Å². The number of benzene rings is 2. The van der Waals surface area contributed by atoms with Gasteiger partial charge in [0, 0.05) is 38.9 Å². The van der Waals surface area contributed by atoms with Crippen molar-refractivity contribution in [3.8, 4) is 22.4 Å². The molecule has 0 spiro atoms. The van der Waals surface area contributed by atoms with Crippen molar-refractivity contribution in [2.45, 2.75) is 25.5 Å². The molecule has 0 aliphatic carbocycles. The number of halogens is 1. The van der Waals surface area contributed by atoms with Crippen LogP contribution in [-0.2, 0) is 18.4 Å². The van der Waals surface area contributed by atoms with E-state index < -0.39 is 5.82 Å². The number of piperidine rings is 1. The lowest BCUT2D eigenvalue weighted by molar-refractivity contribution is 0.0694. The molecule has 4 rings (SSSR count). The predicted molar refractivity (Wildman–Crippen MR) is 126 cm³/mol. The van der Waals surface area contributed by atoms with E-state index in [1.54, 1.807) is 47.9 Å². The van der Waals surface area contributed by atoms with Crippen LogP contribution in [0.3, 0.4) is 0 Å². The molecule has 2 aromatic carbocycles. The molecule has 170 valence electrons. The number of hydrogen-bond donors (Lipinski definition) is 1. The van der Waals surface area contributed by atoms with Gasteiger partial charge in [-0.05, 0) is 29.5 Å². The van der Waals surface area contributed by atoms with Crippen LogP contribution in [0.5, 0.6) is 0 Å². The average Bonchev–Trinajstić information content (AvgIpc) is 3.09. The predicted octanol–water partition coefficient (Wildman–Crippen LogP) is 4.76. The minimum atomic E-state index is -0.562. The van der Waals surface area contributed by atoms with Crippen molar-refractivity contribution in [1.82, 2.24) is 9.47 Å². The zero-order valence-electron chi connectivity index (χ0n) is 18.8. The molecule has 1 saturated heterocycles. The number of nitrogens with zero attached hydrogens (tertiary/aromatic N) is 3. The molecule has 1 atom stereocenters. The molecular formula is C26H27FN4O2. The third-order valence-corrected chi connectivity index (χ3v) is 6.11. The lowest BCUT2D eigenvalue weighted by Gasteiger charge is -2.30. The molecule has 0 unspecified atom stereocenters. The molecular weight excluding hydrogens is 419 g/mol. The Morgan fingerprint density at radius 1 is 1.18 bits per heavy atom. The Morgan fingerprint density at radius 3 is 2.45 bits per heavy atom. The Morgan fingerprint density at radius 2 is 1.85 bits per heavy atom. The van der Waals surface area contributed by atoms with Gasteiger partial charge in [-0.3, -0.25) is 4.79 Å². The van der Waals surface area contributed by atoms with Gasteiger partial charge in [0.15, 0.2) is 11.5 Å². The summed E-state index contributed by atoms with van der Waals surface area (Å²) in [7, 11) is 3.35. The Balaban J connectivity index is 1.86. The SMILES string of the molecule is [C-]#[N+]c1ccc(-c2c(F)c(C(=O)N3CCC[C@@H](N)C3)n(C)c2-c2ccc(COC)cc2)cc1. The number of likely N-dealkylation sites (tertiary alicyclic amines) is 1. The summed E-state index contributed by atoms with van der Waals surface area (Å²) in [6.07, 6.45) is 1.66. The number of amides is 1. The highest BCUT2D eigenvalue weighted by Crippen LogP contribution is 2.39. The van der Waals surface area contributed by atoms with Gasteiger partial charge < -0.3 is 19.9 Å². The molecule has 1 fully saturated rings. The Bertz CT molecular complexity index is 1190. The Kier molecular flexibility index (Phi) is 6.59. The maximum absolute atomic E-state index is 16.0. The minimum Gasteiger partial charge on any atom is -0.380 e. The molecule has 6 nitrogen and oxygen atoms in total. The third-order valence-electron chi connectivity index (χ3n) is 6.11. The van der Waals surface area contributed by atoms with E-state index in [9.17, 15) is 4.79 Å². The topological polar surface area (TPSA) is 64.8 Å². The van der Waals surface area contributed by atoms with E-state index >= 15 is 4.39 Å². The molecule has 1 aliphatic rings. The largest absolute Gasteiger partial charge is 0.380 e. The van der Waals surface area contributed by atoms with Gasteiger partial charge in [-0.1, -0.05) is 48.5 Å². The van der Waals surface area contributed by atoms with Crippen molar-refractivity contribution in [1.29, 1.82) is 0 Å². The average molecular weight is 447 g/mol. The first-order valence-electron chi connectivity index (χ1n) is 10.9. The van der Waals surface area contributed by atoms with Crippen LogP contribution in [0.1, 0.15) is 28.9 Å². The highest BCUT2D eigenvalue weighted by atomic mass is 19.1. The summed E-state index contributed by atoms with van der Waals surface area (Å²) >= 11 is 0. The highest BCUT2D eigenvalue weighted by Gasteiger charge is 2.32. The molecule has 7 heteroatoms. The summed E-state index contributed by atoms with van der Waals surface area (Å²) in [6, 6.07) is 14.3. The first-order chi connectivity index (χ1) is 15.9. The molecule has 33 heavy (non-hydrogen) atoms. The highest BCUT2D eigenvalue weighted by molar-refractivity contribution is 5.98. The number of methoxy groups -OCH3 is 1. The quantitative estimate of drug-likeness (QED) is 0.575. The van der Waals surface area contributed by atoms with Gasteiger partial charge in [-0.15, -0.1) is 0 Å². The second kappa shape index (κ2) is 9.57. The van der Waals surface area contributed by atoms with Crippen LogP contribution in [0, 0.1) is 12.4 Å². The van der Waals surface area contributed by atoms with Gasteiger partial charge in [-0.25, -0.2) is 9.24 Å². The first kappa shape index (κ1) is 22.7. The smallest absolute Gasteiger partial charge is 0.273 e. The standard InChI is InChI=1S/C26H27FN4O2/c1-29-21-12-10-18(11-13-21)22-23(27)25(26(32)31-14-4-5-20(28)15-31)30(2)24(22)19-8-6-17(7-9-19)16-33-3/h6-13,20H,4-5,14-16,28H2,2-3H3/t20-/m1/s1. The van der Waals surface area contributed by atoms with Gasteiger partial charge >= 0.3 is 0 Å². The van der Waals surface area contributed by atoms with Crippen molar-refractivity contribution >= 4 is 11.6 Å². The van der Waals surface area contributed by atoms with E-state index in [0.717, 1.165) is 24.0 Å². The van der Waals surface area contributed by atoms with E-state index in [4.69, 9.17) is 17.0 Å². The number of aromatic nitrogens is 1. The third kappa shape index (κ3) is 4.40. The van der Waals surface area contributed by atoms with Crippen molar-refractivity contribution < 1.29 is 13.9 Å². The van der Waals surface area contributed by atoms with E-state index in [-0.39, 0.29) is 17.6 Å². The second-order valence-electron chi connectivity index (χ2n) is 8.39. The maximum atomic E-state index is 16.0. The molecule has 0 radical (unpaired) electrons. The van der Waals surface area contributed by atoms with E-state index in [0.29, 0.717) is 42.2 Å². The zero-order chi connectivity index (χ0) is 23.5. The summed E-state index contributed by atoms with van der Waals surface area (Å²) in [5.41, 5.74) is 9.91. The van der Waals surface area contributed by atoms with Gasteiger partial charge in [0.1, 0.15) is 5.69 Å². The van der Waals surface area contributed by atoms with Crippen LogP contribution in [0.25, 0.3) is 27.2 Å². The van der Waals surface area contributed by atoms with Gasteiger partial charge in [0.05, 0.1) is 18.9 Å². The Labute approximate surface area is 193 Å². The molecule has 1 aromatic heterocycles. The summed E-state index contributed by atoms with van der Waals surface area (Å²) in [4.78, 5) is 18.5. The van der Waals surface area contributed by atoms with E-state index in [1.165, 1.54) is 0 Å².